The summed E-state index contributed by atoms with van der Waals surface area (Å²) in [4.78, 5) is 0. The van der Waals surface area contributed by atoms with Crippen LogP contribution < -0.4 is 0 Å². The van der Waals surface area contributed by atoms with E-state index in [9.17, 15) is 8.42 Å². The van der Waals surface area contributed by atoms with Gasteiger partial charge in [0.05, 0.1) is 44.7 Å². The van der Waals surface area contributed by atoms with Crippen LogP contribution >= 0.6 is 23.6 Å². The fourth-order valence-electron chi connectivity index (χ4n) is 1.07. The van der Waals surface area contributed by atoms with Crippen LogP contribution in [0, 0.1) is 0 Å². The highest BCUT2D eigenvalue weighted by Crippen LogP contribution is 2.22. The quantitative estimate of drug-likeness (QED) is 0.550. The Morgan fingerprint density at radius 3 is 1.94 bits per heavy atom. The number of nitrogens with zero attached hydrogens (tertiary/aromatic N) is 2. The van der Waals surface area contributed by atoms with Gasteiger partial charge in [-0.3, -0.25) is 0 Å². The molecule has 98 valence electrons. The molecule has 0 aliphatic carbocycles. The second-order valence-electron chi connectivity index (χ2n) is 5.65. The summed E-state index contributed by atoms with van der Waals surface area (Å²) in [6, 6.07) is 0. The zero-order chi connectivity index (χ0) is 13.2. The van der Waals surface area contributed by atoms with Crippen molar-refractivity contribution in [2.75, 3.05) is 39.2 Å². The molecule has 7 heteroatoms. The van der Waals surface area contributed by atoms with Gasteiger partial charge in [-0.15, -0.1) is 3.94 Å². The van der Waals surface area contributed by atoms with Crippen LogP contribution in [0.5, 0.6) is 0 Å². The van der Waals surface area contributed by atoms with Crippen molar-refractivity contribution in [1.82, 2.24) is 3.94 Å². The third kappa shape index (κ3) is 6.91. The number of quaternary nitrogens is 1. The van der Waals surface area contributed by atoms with Gasteiger partial charge in [-0.1, -0.05) is 0 Å². The molecule has 0 N–H and O–H groups in total. The molecule has 16 heavy (non-hydrogen) atoms. The zero-order valence-electron chi connectivity index (χ0n) is 10.5. The summed E-state index contributed by atoms with van der Waals surface area (Å²) in [5.74, 6) is 0.0918. The molecule has 0 heterocycles. The first-order valence-electron chi connectivity index (χ1n) is 4.98. The van der Waals surface area contributed by atoms with Crippen molar-refractivity contribution in [3.8, 4) is 0 Å². The first-order valence-corrected chi connectivity index (χ1v) is 7.48. The lowest BCUT2D eigenvalue weighted by atomic mass is 10.1. The van der Waals surface area contributed by atoms with E-state index >= 15 is 0 Å². The molecular weight excluding hydrogens is 271 g/mol. The second kappa shape index (κ2) is 5.40. The molecular formula is C9H21Cl2N2O2S+. The summed E-state index contributed by atoms with van der Waals surface area (Å²) >= 11 is 11.2. The maximum Gasteiger partial charge on any atom is 0.157 e. The predicted molar refractivity (Wildman–Crippen MR) is 69.2 cm³/mol. The van der Waals surface area contributed by atoms with Gasteiger partial charge in [-0.05, 0) is 37.4 Å². The van der Waals surface area contributed by atoms with Gasteiger partial charge in [-0.2, -0.15) is 0 Å². The third-order valence-electron chi connectivity index (χ3n) is 2.10. The van der Waals surface area contributed by atoms with Gasteiger partial charge >= 0.3 is 0 Å². The van der Waals surface area contributed by atoms with Crippen LogP contribution in [0.2, 0.25) is 0 Å². The topological polar surface area (TPSA) is 37.4 Å². The Morgan fingerprint density at radius 1 is 1.19 bits per heavy atom. The Kier molecular flexibility index (Phi) is 5.55. The van der Waals surface area contributed by atoms with E-state index in [1.807, 2.05) is 21.1 Å². The van der Waals surface area contributed by atoms with E-state index in [2.05, 4.69) is 0 Å². The van der Waals surface area contributed by atoms with Crippen molar-refractivity contribution in [3.05, 3.63) is 0 Å². The van der Waals surface area contributed by atoms with Crippen LogP contribution in [0.4, 0.5) is 0 Å². The van der Waals surface area contributed by atoms with Crippen LogP contribution in [0.1, 0.15) is 13.8 Å². The fraction of sp³-hybridized carbons (Fsp3) is 1.00. The molecule has 0 aromatic carbocycles. The van der Waals surface area contributed by atoms with E-state index in [0.717, 1.165) is 3.94 Å². The normalized spacial score (nSPS) is 14.5. The van der Waals surface area contributed by atoms with E-state index in [-0.39, 0.29) is 11.5 Å². The Morgan fingerprint density at radius 2 is 1.62 bits per heavy atom. The smallest absolute Gasteiger partial charge is 0.157 e. The first-order chi connectivity index (χ1) is 6.86. The molecule has 0 radical (unpaired) electrons. The monoisotopic (exact) mass is 291 g/mol. The average molecular weight is 292 g/mol. The molecule has 0 saturated carbocycles. The van der Waals surface area contributed by atoms with Gasteiger partial charge in [0.1, 0.15) is 0 Å². The van der Waals surface area contributed by atoms with Crippen molar-refractivity contribution in [2.45, 2.75) is 19.4 Å². The molecule has 0 amide bonds. The highest BCUT2D eigenvalue weighted by atomic mass is 35.5. The van der Waals surface area contributed by atoms with Crippen molar-refractivity contribution in [3.63, 3.8) is 0 Å². The van der Waals surface area contributed by atoms with E-state index < -0.39 is 15.4 Å². The molecule has 0 unspecified atom stereocenters. The van der Waals surface area contributed by atoms with Crippen LogP contribution in [-0.2, 0) is 9.84 Å². The molecule has 0 aliphatic heterocycles. The minimum Gasteiger partial charge on any atom is -0.330 e. The first kappa shape index (κ1) is 16.4. The number of hydrogen-bond donors (Lipinski definition) is 0. The summed E-state index contributed by atoms with van der Waals surface area (Å²) in [7, 11) is 2.72. The van der Waals surface area contributed by atoms with Crippen LogP contribution in [0.25, 0.3) is 0 Å². The highest BCUT2D eigenvalue weighted by Gasteiger charge is 2.31. The largest absolute Gasteiger partial charge is 0.330 e. The summed E-state index contributed by atoms with van der Waals surface area (Å²) in [5, 5.41) is 0. The Bertz CT molecular complexity index is 321. The summed E-state index contributed by atoms with van der Waals surface area (Å²) in [6.45, 7) is 3.95. The molecule has 0 saturated heterocycles. The molecule has 0 aromatic rings. The van der Waals surface area contributed by atoms with E-state index in [1.54, 1.807) is 13.8 Å². The molecule has 0 spiro atoms. The van der Waals surface area contributed by atoms with E-state index in [1.165, 1.54) is 0 Å². The molecule has 0 rings (SSSR count). The predicted octanol–water partition coefficient (Wildman–Crippen LogP) is 1.50. The second-order valence-corrected chi connectivity index (χ2v) is 8.68. The van der Waals surface area contributed by atoms with E-state index in [0.29, 0.717) is 11.0 Å². The van der Waals surface area contributed by atoms with Crippen molar-refractivity contribution >= 4 is 33.4 Å². The molecule has 0 fully saturated rings. The maximum atomic E-state index is 11.8. The lowest BCUT2D eigenvalue weighted by Gasteiger charge is -2.28. The molecule has 0 bridgehead atoms. The summed E-state index contributed by atoms with van der Waals surface area (Å²) in [5.41, 5.74) is -0.771. The third-order valence-corrected chi connectivity index (χ3v) is 4.97. The van der Waals surface area contributed by atoms with Crippen molar-refractivity contribution in [2.24, 2.45) is 0 Å². The van der Waals surface area contributed by atoms with Gasteiger partial charge in [0, 0.05) is 0 Å². The number of rotatable bonds is 6. The fourth-order valence-corrected chi connectivity index (χ4v) is 3.51. The van der Waals surface area contributed by atoms with Gasteiger partial charge in [0.2, 0.25) is 0 Å². The number of halogens is 2. The SMILES string of the molecule is CC(C)(CS(=O)(=O)CC[N+](C)(C)C)N(Cl)Cl. The highest BCUT2D eigenvalue weighted by molar-refractivity contribution is 7.91. The molecule has 4 nitrogen and oxygen atoms in total. The van der Waals surface area contributed by atoms with Crippen LogP contribution in [-0.4, -0.2) is 61.6 Å². The Hall–Kier alpha value is 0.450. The Balaban J connectivity index is 4.49. The van der Waals surface area contributed by atoms with Crippen molar-refractivity contribution in [1.29, 1.82) is 0 Å². The van der Waals surface area contributed by atoms with Gasteiger partial charge in [-0.25, -0.2) is 8.42 Å². The molecule has 0 aliphatic rings. The number of sulfone groups is 1. The Labute approximate surface area is 109 Å². The van der Waals surface area contributed by atoms with Crippen molar-refractivity contribution < 1.29 is 12.9 Å². The van der Waals surface area contributed by atoms with E-state index in [4.69, 9.17) is 23.6 Å². The maximum absolute atomic E-state index is 11.8. The minimum atomic E-state index is -3.14. The number of hydrogen-bond acceptors (Lipinski definition) is 3. The van der Waals surface area contributed by atoms with Gasteiger partial charge in [0.25, 0.3) is 0 Å². The van der Waals surface area contributed by atoms with Crippen LogP contribution in [0.15, 0.2) is 0 Å². The standard InChI is InChI=1S/C9H21Cl2N2O2S/c1-9(2,12(10)11)8-16(14,15)7-6-13(3,4)5/h6-8H2,1-5H3/q+1. The minimum absolute atomic E-state index is 0.0486. The average Bonchev–Trinajstić information content (AvgIpc) is 1.97. The zero-order valence-corrected chi connectivity index (χ0v) is 12.8. The summed E-state index contributed by atoms with van der Waals surface area (Å²) in [6.07, 6.45) is 0. The molecule has 0 aromatic heterocycles. The molecule has 0 atom stereocenters. The van der Waals surface area contributed by atoms with Gasteiger partial charge < -0.3 is 4.48 Å². The lowest BCUT2D eigenvalue weighted by Crippen LogP contribution is -2.43. The summed E-state index contributed by atoms with van der Waals surface area (Å²) < 4.78 is 25.2. The van der Waals surface area contributed by atoms with Crippen LogP contribution in [0.3, 0.4) is 0 Å². The lowest BCUT2D eigenvalue weighted by molar-refractivity contribution is -0.867. The van der Waals surface area contributed by atoms with Gasteiger partial charge in [0.15, 0.2) is 9.84 Å².